The van der Waals surface area contributed by atoms with Crippen LogP contribution < -0.4 is 15.1 Å². The van der Waals surface area contributed by atoms with Gasteiger partial charge in [0.2, 0.25) is 0 Å². The fourth-order valence-corrected chi connectivity index (χ4v) is 3.23. The van der Waals surface area contributed by atoms with Crippen molar-refractivity contribution in [3.8, 4) is 0 Å². The van der Waals surface area contributed by atoms with Crippen molar-refractivity contribution in [2.45, 2.75) is 19.4 Å². The Hall–Kier alpha value is -2.87. The maximum atomic E-state index is 13.7. The number of carbonyl (C=O) groups is 2. The Labute approximate surface area is 160 Å². The topological polar surface area (TPSA) is 53.9 Å². The molecule has 0 aliphatic carbocycles. The molecular weight excluding hydrogens is 371 g/mol. The third-order valence-electron chi connectivity index (χ3n) is 5.01. The summed E-state index contributed by atoms with van der Waals surface area (Å²) in [6, 6.07) is 8.84. The van der Waals surface area contributed by atoms with Crippen molar-refractivity contribution >= 4 is 23.2 Å². The monoisotopic (exact) mass is 392 g/mol. The van der Waals surface area contributed by atoms with Crippen LogP contribution in [0.4, 0.5) is 24.5 Å². The van der Waals surface area contributed by atoms with E-state index in [0.717, 1.165) is 29.8 Å². The smallest absolute Gasteiger partial charge is 0.284 e. The summed E-state index contributed by atoms with van der Waals surface area (Å²) in [7, 11) is 1.67. The van der Waals surface area contributed by atoms with E-state index in [4.69, 9.17) is 0 Å². The average molecular weight is 392 g/mol. The molecule has 1 aliphatic rings. The molecule has 148 valence electrons. The summed E-state index contributed by atoms with van der Waals surface area (Å²) in [4.78, 5) is 27.3. The summed E-state index contributed by atoms with van der Waals surface area (Å²) in [6.45, 7) is 2.16. The Morgan fingerprint density at radius 3 is 2.61 bits per heavy atom. The molecule has 0 fully saturated rings. The molecule has 0 saturated heterocycles. The number of fused-ring (bicyclic) bond motifs is 1. The number of halogens is 3. The zero-order chi connectivity index (χ0) is 20.4. The van der Waals surface area contributed by atoms with Crippen LogP contribution in [0.1, 0.15) is 12.5 Å². The van der Waals surface area contributed by atoms with E-state index in [1.807, 2.05) is 24.3 Å². The lowest BCUT2D eigenvalue weighted by molar-refractivity contribution is -0.885. The maximum Gasteiger partial charge on any atom is 0.284 e. The SMILES string of the molecule is C[C@H](C(=O)N1CCc2ccccc21)[NH+](C)CC(=O)Nc1ccc(F)c(F)c1F. The molecule has 0 spiro atoms. The Balaban J connectivity index is 1.63. The van der Waals surface area contributed by atoms with E-state index in [1.54, 1.807) is 18.9 Å². The van der Waals surface area contributed by atoms with Gasteiger partial charge in [0.1, 0.15) is 0 Å². The van der Waals surface area contributed by atoms with Crippen molar-refractivity contribution in [2.24, 2.45) is 0 Å². The summed E-state index contributed by atoms with van der Waals surface area (Å²) in [6.07, 6.45) is 0.781. The molecule has 8 heteroatoms. The number of amides is 2. The lowest BCUT2D eigenvalue weighted by Crippen LogP contribution is -3.15. The predicted molar refractivity (Wildman–Crippen MR) is 98.7 cm³/mol. The molecule has 2 atom stereocenters. The van der Waals surface area contributed by atoms with Crippen LogP contribution in [0.25, 0.3) is 0 Å². The Morgan fingerprint density at radius 2 is 1.86 bits per heavy atom. The minimum absolute atomic E-state index is 0.116. The number of carbonyl (C=O) groups excluding carboxylic acids is 2. The van der Waals surface area contributed by atoms with E-state index in [1.165, 1.54) is 0 Å². The number of benzene rings is 2. The molecule has 0 radical (unpaired) electrons. The molecule has 0 aromatic heterocycles. The van der Waals surface area contributed by atoms with Gasteiger partial charge in [0.15, 0.2) is 30.0 Å². The second kappa shape index (κ2) is 8.02. The van der Waals surface area contributed by atoms with Gasteiger partial charge in [-0.25, -0.2) is 13.2 Å². The second-order valence-electron chi connectivity index (χ2n) is 6.88. The highest BCUT2D eigenvalue weighted by Crippen LogP contribution is 2.27. The molecule has 1 heterocycles. The summed E-state index contributed by atoms with van der Waals surface area (Å²) in [5, 5.41) is 2.22. The van der Waals surface area contributed by atoms with Crippen molar-refractivity contribution in [1.82, 2.24) is 0 Å². The molecule has 1 unspecified atom stereocenters. The van der Waals surface area contributed by atoms with Crippen LogP contribution in [0.5, 0.6) is 0 Å². The van der Waals surface area contributed by atoms with E-state index in [9.17, 15) is 22.8 Å². The van der Waals surface area contributed by atoms with E-state index >= 15 is 0 Å². The first kappa shape index (κ1) is 19.9. The van der Waals surface area contributed by atoms with Crippen molar-refractivity contribution in [2.75, 3.05) is 30.4 Å². The highest BCUT2D eigenvalue weighted by Gasteiger charge is 2.32. The van der Waals surface area contributed by atoms with Gasteiger partial charge in [0.25, 0.3) is 11.8 Å². The van der Waals surface area contributed by atoms with Crippen LogP contribution in [0.3, 0.4) is 0 Å². The van der Waals surface area contributed by atoms with Gasteiger partial charge in [-0.3, -0.25) is 9.59 Å². The fourth-order valence-electron chi connectivity index (χ4n) is 3.23. The number of hydrogen-bond acceptors (Lipinski definition) is 2. The highest BCUT2D eigenvalue weighted by molar-refractivity contribution is 5.98. The number of quaternary nitrogens is 1. The standard InChI is InChI=1S/C20H20F3N3O2/c1-12(20(28)26-10-9-13-5-3-4-6-16(13)26)25(2)11-17(27)24-15-8-7-14(21)18(22)19(15)23/h3-8,12H,9-11H2,1-2H3,(H,24,27)/p+1/t12-/m1/s1. The van der Waals surface area contributed by atoms with Gasteiger partial charge in [0, 0.05) is 12.2 Å². The molecular formula is C20H21F3N3O2+. The average Bonchev–Trinajstić information content (AvgIpc) is 3.11. The van der Waals surface area contributed by atoms with Crippen molar-refractivity contribution in [3.05, 3.63) is 59.4 Å². The predicted octanol–water partition coefficient (Wildman–Crippen LogP) is 1.53. The molecule has 2 amide bonds. The van der Waals surface area contributed by atoms with Crippen LogP contribution in [0, 0.1) is 17.5 Å². The number of nitrogens with zero attached hydrogens (tertiary/aromatic N) is 1. The first-order valence-corrected chi connectivity index (χ1v) is 8.94. The largest absolute Gasteiger partial charge is 0.320 e. The Morgan fingerprint density at radius 1 is 1.14 bits per heavy atom. The minimum atomic E-state index is -1.64. The van der Waals surface area contributed by atoms with Crippen molar-refractivity contribution in [1.29, 1.82) is 0 Å². The summed E-state index contributed by atoms with van der Waals surface area (Å²) in [5.41, 5.74) is 1.54. The molecule has 1 aliphatic heterocycles. The maximum absolute atomic E-state index is 13.7. The van der Waals surface area contributed by atoms with Gasteiger partial charge in [-0.1, -0.05) is 18.2 Å². The first-order chi connectivity index (χ1) is 13.3. The number of hydrogen-bond donors (Lipinski definition) is 2. The molecule has 2 aromatic carbocycles. The zero-order valence-electron chi connectivity index (χ0n) is 15.6. The molecule has 5 nitrogen and oxygen atoms in total. The van der Waals surface area contributed by atoms with Crippen LogP contribution in [0.15, 0.2) is 36.4 Å². The van der Waals surface area contributed by atoms with E-state index in [0.29, 0.717) is 11.4 Å². The molecule has 2 aromatic rings. The highest BCUT2D eigenvalue weighted by atomic mass is 19.2. The van der Waals surface area contributed by atoms with Crippen LogP contribution in [-0.2, 0) is 16.0 Å². The second-order valence-corrected chi connectivity index (χ2v) is 6.88. The third-order valence-corrected chi connectivity index (χ3v) is 5.01. The molecule has 28 heavy (non-hydrogen) atoms. The van der Waals surface area contributed by atoms with E-state index in [2.05, 4.69) is 5.32 Å². The Bertz CT molecular complexity index is 920. The molecule has 3 rings (SSSR count). The summed E-state index contributed by atoms with van der Waals surface area (Å²) < 4.78 is 40.0. The normalized spacial score (nSPS) is 15.1. The zero-order valence-corrected chi connectivity index (χ0v) is 15.6. The summed E-state index contributed by atoms with van der Waals surface area (Å²) >= 11 is 0. The number of anilines is 2. The van der Waals surface area contributed by atoms with Crippen LogP contribution in [-0.4, -0.2) is 38.0 Å². The van der Waals surface area contributed by atoms with Crippen molar-refractivity contribution < 1.29 is 27.7 Å². The van der Waals surface area contributed by atoms with Gasteiger partial charge in [-0.05, 0) is 37.1 Å². The van der Waals surface area contributed by atoms with Gasteiger partial charge in [0.05, 0.1) is 12.7 Å². The van der Waals surface area contributed by atoms with Gasteiger partial charge >= 0.3 is 0 Å². The molecule has 2 N–H and O–H groups in total. The van der Waals surface area contributed by atoms with Crippen molar-refractivity contribution in [3.63, 3.8) is 0 Å². The number of likely N-dealkylation sites (N-methyl/N-ethyl adjacent to an activating group) is 1. The summed E-state index contributed by atoms with van der Waals surface area (Å²) in [5.74, 6) is -5.15. The minimum Gasteiger partial charge on any atom is -0.320 e. The molecule has 0 saturated carbocycles. The number of rotatable bonds is 5. The first-order valence-electron chi connectivity index (χ1n) is 8.94. The quantitative estimate of drug-likeness (QED) is 0.759. The number of nitrogens with one attached hydrogen (secondary N) is 2. The molecule has 0 bridgehead atoms. The third kappa shape index (κ3) is 3.87. The van der Waals surface area contributed by atoms with E-state index in [-0.39, 0.29) is 12.5 Å². The van der Waals surface area contributed by atoms with E-state index < -0.39 is 35.1 Å². The van der Waals surface area contributed by atoms with Crippen LogP contribution in [0.2, 0.25) is 0 Å². The number of para-hydroxylation sites is 1. The lowest BCUT2D eigenvalue weighted by Gasteiger charge is -2.25. The van der Waals surface area contributed by atoms with Gasteiger partial charge in [-0.15, -0.1) is 0 Å². The van der Waals surface area contributed by atoms with Gasteiger partial charge in [-0.2, -0.15) is 0 Å². The lowest BCUT2D eigenvalue weighted by atomic mass is 10.2. The van der Waals surface area contributed by atoms with Crippen LogP contribution >= 0.6 is 0 Å². The van der Waals surface area contributed by atoms with Gasteiger partial charge < -0.3 is 15.1 Å². The fraction of sp³-hybridized carbons (Fsp3) is 0.300. The Kier molecular flexibility index (Phi) is 5.69.